The lowest BCUT2D eigenvalue weighted by atomic mass is 9.98. The number of phenols is 1. The third-order valence-corrected chi connectivity index (χ3v) is 2.93. The molecule has 3 nitrogen and oxygen atoms in total. The van der Waals surface area contributed by atoms with Crippen LogP contribution in [0.3, 0.4) is 0 Å². The first-order valence-corrected chi connectivity index (χ1v) is 5.86. The van der Waals surface area contributed by atoms with Crippen molar-refractivity contribution in [2.24, 2.45) is 0 Å². The molecular weight excluding hydrogens is 228 g/mol. The van der Waals surface area contributed by atoms with E-state index in [1.807, 2.05) is 18.2 Å². The molecule has 0 saturated heterocycles. The van der Waals surface area contributed by atoms with Crippen LogP contribution < -0.4 is 0 Å². The van der Waals surface area contributed by atoms with Crippen molar-refractivity contribution < 1.29 is 15.3 Å². The van der Waals surface area contributed by atoms with Gasteiger partial charge in [-0.25, -0.2) is 0 Å². The Morgan fingerprint density at radius 1 is 0.833 bits per heavy atom. The van der Waals surface area contributed by atoms with Gasteiger partial charge in [0.05, 0.1) is 6.10 Å². The van der Waals surface area contributed by atoms with Crippen molar-refractivity contribution in [3.05, 3.63) is 65.7 Å². The average molecular weight is 244 g/mol. The summed E-state index contributed by atoms with van der Waals surface area (Å²) in [5, 5.41) is 29.6. The number of aliphatic hydroxyl groups excluding tert-OH is 2. The summed E-state index contributed by atoms with van der Waals surface area (Å²) >= 11 is 0. The highest BCUT2D eigenvalue weighted by molar-refractivity contribution is 5.32. The summed E-state index contributed by atoms with van der Waals surface area (Å²) in [6, 6.07) is 15.8. The Kier molecular flexibility index (Phi) is 3.97. The van der Waals surface area contributed by atoms with Gasteiger partial charge in [0.2, 0.25) is 0 Å². The molecule has 0 saturated carbocycles. The molecule has 2 aromatic rings. The molecule has 2 atom stereocenters. The Bertz CT molecular complexity index is 496. The predicted octanol–water partition coefficient (Wildman–Crippen LogP) is 2.03. The van der Waals surface area contributed by atoms with Gasteiger partial charge in [0, 0.05) is 6.42 Å². The van der Waals surface area contributed by atoms with E-state index in [1.165, 1.54) is 0 Å². The quantitative estimate of drug-likeness (QED) is 0.771. The molecule has 3 heteroatoms. The molecule has 0 spiro atoms. The molecule has 2 aromatic carbocycles. The van der Waals surface area contributed by atoms with Gasteiger partial charge < -0.3 is 15.3 Å². The Labute approximate surface area is 106 Å². The largest absolute Gasteiger partial charge is 0.508 e. The first-order chi connectivity index (χ1) is 8.68. The Balaban J connectivity index is 2.09. The zero-order valence-electron chi connectivity index (χ0n) is 9.90. The first-order valence-electron chi connectivity index (χ1n) is 5.86. The van der Waals surface area contributed by atoms with Gasteiger partial charge in [-0.15, -0.1) is 0 Å². The number of para-hydroxylation sites is 1. The maximum atomic E-state index is 10.0. The van der Waals surface area contributed by atoms with Crippen LogP contribution in [0, 0.1) is 0 Å². The smallest absolute Gasteiger partial charge is 0.118 e. The van der Waals surface area contributed by atoms with Crippen LogP contribution in [0.2, 0.25) is 0 Å². The number of aliphatic hydroxyl groups is 2. The summed E-state index contributed by atoms with van der Waals surface area (Å²) in [6.07, 6.45) is -1.69. The van der Waals surface area contributed by atoms with Crippen LogP contribution >= 0.6 is 0 Å². The minimum atomic E-state index is -0.953. The third-order valence-electron chi connectivity index (χ3n) is 2.93. The lowest BCUT2D eigenvalue weighted by Crippen LogP contribution is -2.20. The van der Waals surface area contributed by atoms with Gasteiger partial charge in [0.25, 0.3) is 0 Å². The van der Waals surface area contributed by atoms with Crippen LogP contribution in [-0.2, 0) is 6.42 Å². The Morgan fingerprint density at radius 3 is 2.11 bits per heavy atom. The molecule has 0 aliphatic carbocycles. The number of aromatic hydroxyl groups is 1. The molecule has 2 rings (SSSR count). The fourth-order valence-corrected chi connectivity index (χ4v) is 1.89. The lowest BCUT2D eigenvalue weighted by Gasteiger charge is -2.18. The van der Waals surface area contributed by atoms with Crippen molar-refractivity contribution >= 4 is 0 Å². The van der Waals surface area contributed by atoms with E-state index in [-0.39, 0.29) is 12.2 Å². The van der Waals surface area contributed by atoms with E-state index in [1.54, 1.807) is 36.4 Å². The molecule has 0 radical (unpaired) electrons. The van der Waals surface area contributed by atoms with E-state index in [4.69, 9.17) is 0 Å². The van der Waals surface area contributed by atoms with Crippen molar-refractivity contribution in [1.29, 1.82) is 0 Å². The third kappa shape index (κ3) is 2.88. The molecule has 18 heavy (non-hydrogen) atoms. The normalized spacial score (nSPS) is 14.1. The SMILES string of the molecule is Oc1ccccc1C[C@H](O)[C@@H](O)c1ccccc1. The molecule has 0 fully saturated rings. The molecule has 0 aliphatic heterocycles. The number of phenolic OH excluding ortho intramolecular Hbond substituents is 1. The number of hydrogen-bond donors (Lipinski definition) is 3. The van der Waals surface area contributed by atoms with Crippen molar-refractivity contribution in [3.63, 3.8) is 0 Å². The fraction of sp³-hybridized carbons (Fsp3) is 0.200. The van der Waals surface area contributed by atoms with Crippen LogP contribution in [0.5, 0.6) is 5.75 Å². The van der Waals surface area contributed by atoms with Gasteiger partial charge in [-0.2, -0.15) is 0 Å². The van der Waals surface area contributed by atoms with Crippen LogP contribution in [0.25, 0.3) is 0 Å². The van der Waals surface area contributed by atoms with Gasteiger partial charge >= 0.3 is 0 Å². The molecule has 0 heterocycles. The fourth-order valence-electron chi connectivity index (χ4n) is 1.89. The van der Waals surface area contributed by atoms with Crippen LogP contribution in [0.4, 0.5) is 0 Å². The maximum Gasteiger partial charge on any atom is 0.118 e. The second kappa shape index (κ2) is 5.67. The average Bonchev–Trinajstić information content (AvgIpc) is 2.41. The molecule has 0 aromatic heterocycles. The summed E-state index contributed by atoms with van der Waals surface area (Å²) in [7, 11) is 0. The minimum absolute atomic E-state index is 0.136. The molecule has 0 unspecified atom stereocenters. The van der Waals surface area contributed by atoms with Crippen molar-refractivity contribution in [2.75, 3.05) is 0 Å². The van der Waals surface area contributed by atoms with Crippen molar-refractivity contribution in [3.8, 4) is 5.75 Å². The summed E-state index contributed by atoms with van der Waals surface area (Å²) in [5.74, 6) is 0.136. The van der Waals surface area contributed by atoms with E-state index in [0.717, 1.165) is 0 Å². The summed E-state index contributed by atoms with van der Waals surface area (Å²) < 4.78 is 0. The second-order valence-electron chi connectivity index (χ2n) is 4.26. The topological polar surface area (TPSA) is 60.7 Å². The minimum Gasteiger partial charge on any atom is -0.508 e. The van der Waals surface area contributed by atoms with E-state index in [0.29, 0.717) is 11.1 Å². The van der Waals surface area contributed by atoms with E-state index < -0.39 is 12.2 Å². The number of benzene rings is 2. The lowest BCUT2D eigenvalue weighted by molar-refractivity contribution is 0.0187. The van der Waals surface area contributed by atoms with Gasteiger partial charge in [-0.3, -0.25) is 0 Å². The van der Waals surface area contributed by atoms with Crippen LogP contribution in [0.15, 0.2) is 54.6 Å². The van der Waals surface area contributed by atoms with Gasteiger partial charge in [-0.1, -0.05) is 48.5 Å². The standard InChI is InChI=1S/C15H16O3/c16-13-9-5-4-8-12(13)10-14(17)15(18)11-6-2-1-3-7-11/h1-9,14-18H,10H2/t14-,15-/m0/s1. The van der Waals surface area contributed by atoms with Crippen LogP contribution in [-0.4, -0.2) is 21.4 Å². The van der Waals surface area contributed by atoms with E-state index >= 15 is 0 Å². The summed E-state index contributed by atoms with van der Waals surface area (Å²) in [5.41, 5.74) is 1.29. The monoisotopic (exact) mass is 244 g/mol. The molecule has 0 aliphatic rings. The zero-order valence-corrected chi connectivity index (χ0v) is 9.90. The van der Waals surface area contributed by atoms with E-state index in [2.05, 4.69) is 0 Å². The Hall–Kier alpha value is -1.84. The van der Waals surface area contributed by atoms with Crippen molar-refractivity contribution in [1.82, 2.24) is 0 Å². The summed E-state index contributed by atoms with van der Waals surface area (Å²) in [6.45, 7) is 0. The molecule has 3 N–H and O–H groups in total. The number of rotatable bonds is 4. The van der Waals surface area contributed by atoms with Gasteiger partial charge in [0.15, 0.2) is 0 Å². The second-order valence-corrected chi connectivity index (χ2v) is 4.26. The molecular formula is C15H16O3. The number of hydrogen-bond acceptors (Lipinski definition) is 3. The Morgan fingerprint density at radius 2 is 1.44 bits per heavy atom. The highest BCUT2D eigenvalue weighted by Gasteiger charge is 2.19. The first kappa shape index (κ1) is 12.6. The van der Waals surface area contributed by atoms with Gasteiger partial charge in [-0.05, 0) is 17.2 Å². The van der Waals surface area contributed by atoms with Crippen molar-refractivity contribution in [2.45, 2.75) is 18.6 Å². The summed E-state index contributed by atoms with van der Waals surface area (Å²) in [4.78, 5) is 0. The highest BCUT2D eigenvalue weighted by Crippen LogP contribution is 2.23. The zero-order chi connectivity index (χ0) is 13.0. The predicted molar refractivity (Wildman–Crippen MR) is 69.2 cm³/mol. The molecule has 0 amide bonds. The van der Waals surface area contributed by atoms with Crippen LogP contribution in [0.1, 0.15) is 17.2 Å². The maximum absolute atomic E-state index is 10.0. The van der Waals surface area contributed by atoms with Gasteiger partial charge in [0.1, 0.15) is 11.9 Å². The van der Waals surface area contributed by atoms with E-state index in [9.17, 15) is 15.3 Å². The highest BCUT2D eigenvalue weighted by atomic mass is 16.3. The molecule has 94 valence electrons. The molecule has 0 bridgehead atoms.